The third-order valence-electron chi connectivity index (χ3n) is 4.87. The van der Waals surface area contributed by atoms with E-state index in [4.69, 9.17) is 9.47 Å². The summed E-state index contributed by atoms with van der Waals surface area (Å²) in [7, 11) is 0. The molecule has 1 aliphatic rings. The molecule has 0 bridgehead atoms. The highest BCUT2D eigenvalue weighted by atomic mass is 16.7. The first-order chi connectivity index (χ1) is 14.0. The Morgan fingerprint density at radius 2 is 1.97 bits per heavy atom. The zero-order valence-corrected chi connectivity index (χ0v) is 15.9. The number of fused-ring (bicyclic) bond motifs is 1. The van der Waals surface area contributed by atoms with E-state index in [2.05, 4.69) is 10.6 Å². The maximum atomic E-state index is 11.0. The Labute approximate surface area is 167 Å². The van der Waals surface area contributed by atoms with Crippen LogP contribution in [0.1, 0.15) is 22.5 Å². The number of rotatable bonds is 4. The van der Waals surface area contributed by atoms with Crippen molar-refractivity contribution in [2.75, 3.05) is 6.79 Å². The number of non-ortho nitro benzene ring substituents is 1. The number of nitriles is 1. The van der Waals surface area contributed by atoms with Gasteiger partial charge in [0.05, 0.1) is 16.6 Å². The van der Waals surface area contributed by atoms with Crippen LogP contribution in [-0.4, -0.2) is 16.3 Å². The number of aryl methyl sites for hydroxylation is 1. The van der Waals surface area contributed by atoms with Gasteiger partial charge in [-0.25, -0.2) is 0 Å². The van der Waals surface area contributed by atoms with Crippen LogP contribution in [0.4, 0.5) is 5.69 Å². The molecule has 29 heavy (non-hydrogen) atoms. The van der Waals surface area contributed by atoms with Gasteiger partial charge in [-0.3, -0.25) is 10.1 Å². The standard InChI is InChI=1S/C22H17N3O4/c1-14-8-17(9-18(12-23)16-4-3-5-20(10-16)25(26)27)15(2)24(14)19-6-7-21-22(11-19)29-13-28-21/h3-11H,13H2,1-2H3. The van der Waals surface area contributed by atoms with Crippen molar-refractivity contribution in [3.05, 3.63) is 81.2 Å². The van der Waals surface area contributed by atoms with Crippen molar-refractivity contribution in [2.45, 2.75) is 13.8 Å². The molecule has 2 aromatic carbocycles. The summed E-state index contributed by atoms with van der Waals surface area (Å²) in [4.78, 5) is 10.6. The molecule has 0 spiro atoms. The molecule has 0 amide bonds. The Hall–Kier alpha value is -4.05. The number of benzene rings is 2. The van der Waals surface area contributed by atoms with Gasteiger partial charge in [0.15, 0.2) is 11.5 Å². The SMILES string of the molecule is Cc1cc(C=C(C#N)c2cccc([N+](=O)[O-])c2)c(C)n1-c1ccc2c(c1)OCO2. The van der Waals surface area contributed by atoms with E-state index in [-0.39, 0.29) is 12.5 Å². The lowest BCUT2D eigenvalue weighted by molar-refractivity contribution is -0.384. The van der Waals surface area contributed by atoms with E-state index in [1.54, 1.807) is 18.2 Å². The molecule has 144 valence electrons. The second-order valence-electron chi connectivity index (χ2n) is 6.68. The summed E-state index contributed by atoms with van der Waals surface area (Å²) in [5, 5.41) is 20.7. The number of aromatic nitrogens is 1. The summed E-state index contributed by atoms with van der Waals surface area (Å²) in [5.74, 6) is 1.41. The topological polar surface area (TPSA) is 90.3 Å². The third kappa shape index (κ3) is 3.32. The summed E-state index contributed by atoms with van der Waals surface area (Å²) in [6, 6.07) is 16.0. The first-order valence-electron chi connectivity index (χ1n) is 8.93. The number of ether oxygens (including phenoxy) is 2. The van der Waals surface area contributed by atoms with Gasteiger partial charge in [0.25, 0.3) is 5.69 Å². The van der Waals surface area contributed by atoms with Gasteiger partial charge in [0.1, 0.15) is 0 Å². The van der Waals surface area contributed by atoms with E-state index in [0.29, 0.717) is 22.6 Å². The lowest BCUT2D eigenvalue weighted by Crippen LogP contribution is -1.99. The molecule has 1 aromatic heterocycles. The van der Waals surface area contributed by atoms with Gasteiger partial charge in [-0.1, -0.05) is 12.1 Å². The van der Waals surface area contributed by atoms with Gasteiger partial charge < -0.3 is 14.0 Å². The molecule has 2 heterocycles. The fourth-order valence-electron chi connectivity index (χ4n) is 3.48. The molecule has 3 aromatic rings. The van der Waals surface area contributed by atoms with Crippen molar-refractivity contribution < 1.29 is 14.4 Å². The smallest absolute Gasteiger partial charge is 0.270 e. The Balaban J connectivity index is 1.76. The number of nitro benzene ring substituents is 1. The van der Waals surface area contributed by atoms with Crippen LogP contribution in [0.3, 0.4) is 0 Å². The minimum atomic E-state index is -0.468. The van der Waals surface area contributed by atoms with Crippen LogP contribution in [0.15, 0.2) is 48.5 Å². The molecule has 0 saturated heterocycles. The van der Waals surface area contributed by atoms with Crippen LogP contribution in [-0.2, 0) is 0 Å². The monoisotopic (exact) mass is 387 g/mol. The predicted molar refractivity (Wildman–Crippen MR) is 108 cm³/mol. The van der Waals surface area contributed by atoms with E-state index < -0.39 is 4.92 Å². The maximum absolute atomic E-state index is 11.0. The highest BCUT2D eigenvalue weighted by molar-refractivity contribution is 5.90. The molecule has 0 unspecified atom stereocenters. The molecule has 0 saturated carbocycles. The van der Waals surface area contributed by atoms with Gasteiger partial charge in [-0.05, 0) is 49.2 Å². The zero-order chi connectivity index (χ0) is 20.5. The molecular weight excluding hydrogens is 370 g/mol. The Kier molecular flexibility index (Phi) is 4.53. The summed E-state index contributed by atoms with van der Waals surface area (Å²) in [6.07, 6.45) is 1.75. The minimum absolute atomic E-state index is 0.0468. The third-order valence-corrected chi connectivity index (χ3v) is 4.87. The molecule has 1 aliphatic heterocycles. The maximum Gasteiger partial charge on any atom is 0.270 e. The van der Waals surface area contributed by atoms with Crippen LogP contribution in [0.25, 0.3) is 17.3 Å². The Morgan fingerprint density at radius 1 is 1.17 bits per heavy atom. The number of nitro groups is 1. The van der Waals surface area contributed by atoms with E-state index in [1.807, 2.05) is 38.1 Å². The molecule has 7 heteroatoms. The number of hydrogen-bond donors (Lipinski definition) is 0. The minimum Gasteiger partial charge on any atom is -0.454 e. The first-order valence-corrected chi connectivity index (χ1v) is 8.93. The van der Waals surface area contributed by atoms with Crippen LogP contribution >= 0.6 is 0 Å². The fourth-order valence-corrected chi connectivity index (χ4v) is 3.48. The average Bonchev–Trinajstić information content (AvgIpc) is 3.29. The van der Waals surface area contributed by atoms with Crippen LogP contribution in [0.5, 0.6) is 11.5 Å². The van der Waals surface area contributed by atoms with E-state index in [1.165, 1.54) is 12.1 Å². The van der Waals surface area contributed by atoms with Gasteiger partial charge in [-0.15, -0.1) is 0 Å². The summed E-state index contributed by atoms with van der Waals surface area (Å²) in [6.45, 7) is 4.16. The van der Waals surface area contributed by atoms with E-state index >= 15 is 0 Å². The second-order valence-corrected chi connectivity index (χ2v) is 6.68. The zero-order valence-electron chi connectivity index (χ0n) is 15.9. The molecule has 0 atom stereocenters. The summed E-state index contributed by atoms with van der Waals surface area (Å²) in [5.41, 5.74) is 4.55. The van der Waals surface area contributed by atoms with Crippen molar-refractivity contribution in [1.29, 1.82) is 5.26 Å². The highest BCUT2D eigenvalue weighted by Crippen LogP contribution is 2.35. The second kappa shape index (κ2) is 7.17. The van der Waals surface area contributed by atoms with Gasteiger partial charge in [0.2, 0.25) is 6.79 Å². The average molecular weight is 387 g/mol. The van der Waals surface area contributed by atoms with Crippen molar-refractivity contribution in [3.63, 3.8) is 0 Å². The van der Waals surface area contributed by atoms with Crippen LogP contribution in [0, 0.1) is 35.3 Å². The van der Waals surface area contributed by atoms with Gasteiger partial charge in [0, 0.05) is 35.3 Å². The van der Waals surface area contributed by atoms with Crippen molar-refractivity contribution in [1.82, 2.24) is 4.57 Å². The number of hydrogen-bond acceptors (Lipinski definition) is 5. The van der Waals surface area contributed by atoms with Gasteiger partial charge in [-0.2, -0.15) is 5.26 Å². The largest absolute Gasteiger partial charge is 0.454 e. The molecule has 0 radical (unpaired) electrons. The number of nitrogens with zero attached hydrogens (tertiary/aromatic N) is 3. The van der Waals surface area contributed by atoms with Crippen molar-refractivity contribution >= 4 is 17.3 Å². The van der Waals surface area contributed by atoms with Crippen molar-refractivity contribution in [3.8, 4) is 23.3 Å². The van der Waals surface area contributed by atoms with E-state index in [0.717, 1.165) is 22.6 Å². The highest BCUT2D eigenvalue weighted by Gasteiger charge is 2.17. The van der Waals surface area contributed by atoms with E-state index in [9.17, 15) is 15.4 Å². The normalized spacial score (nSPS) is 12.7. The quantitative estimate of drug-likeness (QED) is 0.364. The Bertz CT molecular complexity index is 1200. The Morgan fingerprint density at radius 3 is 2.72 bits per heavy atom. The van der Waals surface area contributed by atoms with Gasteiger partial charge >= 0.3 is 0 Å². The molecule has 7 nitrogen and oxygen atoms in total. The lowest BCUT2D eigenvalue weighted by atomic mass is 10.0. The number of allylic oxidation sites excluding steroid dienone is 1. The summed E-state index contributed by atoms with van der Waals surface area (Å²) < 4.78 is 12.9. The predicted octanol–water partition coefficient (Wildman–Crippen LogP) is 4.80. The fraction of sp³-hybridized carbons (Fsp3) is 0.136. The van der Waals surface area contributed by atoms with Crippen LogP contribution in [0.2, 0.25) is 0 Å². The van der Waals surface area contributed by atoms with Crippen LogP contribution < -0.4 is 9.47 Å². The van der Waals surface area contributed by atoms with Crippen molar-refractivity contribution in [2.24, 2.45) is 0 Å². The summed E-state index contributed by atoms with van der Waals surface area (Å²) >= 11 is 0. The molecule has 0 aliphatic carbocycles. The first kappa shape index (κ1) is 18.3. The molecular formula is C22H17N3O4. The molecule has 4 rings (SSSR count). The molecule has 0 N–H and O–H groups in total. The lowest BCUT2D eigenvalue weighted by Gasteiger charge is -2.10. The molecule has 0 fully saturated rings.